The Balaban J connectivity index is 0.000000440. The average molecular weight is 327 g/mol. The molecule has 0 aromatic rings. The van der Waals surface area contributed by atoms with E-state index in [4.69, 9.17) is 0 Å². The molecule has 0 radical (unpaired) electrons. The molecule has 5 rings (SSSR count). The van der Waals surface area contributed by atoms with E-state index in [1.54, 1.807) is 0 Å². The Labute approximate surface area is 150 Å². The van der Waals surface area contributed by atoms with Gasteiger partial charge < -0.3 is 0 Å². The maximum absolute atomic E-state index is 4.15. The van der Waals surface area contributed by atoms with Gasteiger partial charge in [0.25, 0.3) is 0 Å². The standard InChI is InChI=1S/C21H32.C3H6/c1-4-16-7-10-20-19-9-6-15-13-14(2)5-8-17(15)18(19)11-12-21(16,20)3;1-2-3-1/h4,14,16,18-20H,1,5-13H2,2-3H3;1-3H2. The van der Waals surface area contributed by atoms with Crippen LogP contribution in [0.15, 0.2) is 23.8 Å². The van der Waals surface area contributed by atoms with Crippen molar-refractivity contribution in [2.24, 2.45) is 35.0 Å². The first kappa shape index (κ1) is 16.9. The Morgan fingerprint density at radius 2 is 1.79 bits per heavy atom. The summed E-state index contributed by atoms with van der Waals surface area (Å²) in [6, 6.07) is 0. The Kier molecular flexibility index (Phi) is 4.69. The zero-order valence-electron chi connectivity index (χ0n) is 16.2. The number of hydrogen-bond donors (Lipinski definition) is 0. The van der Waals surface area contributed by atoms with Crippen molar-refractivity contribution >= 4 is 0 Å². The third-order valence-electron chi connectivity index (χ3n) is 8.33. The minimum Gasteiger partial charge on any atom is -0.103 e. The number of allylic oxidation sites excluding steroid dienone is 3. The fourth-order valence-corrected chi connectivity index (χ4v) is 6.83. The molecule has 6 atom stereocenters. The molecule has 134 valence electrons. The predicted octanol–water partition coefficient (Wildman–Crippen LogP) is 7.31. The van der Waals surface area contributed by atoms with Gasteiger partial charge in [-0.05, 0) is 92.8 Å². The maximum Gasteiger partial charge on any atom is -0.0169 e. The highest BCUT2D eigenvalue weighted by molar-refractivity contribution is 5.27. The number of hydrogen-bond acceptors (Lipinski definition) is 0. The van der Waals surface area contributed by atoms with Crippen LogP contribution in [0.3, 0.4) is 0 Å². The molecule has 0 aromatic carbocycles. The predicted molar refractivity (Wildman–Crippen MR) is 104 cm³/mol. The van der Waals surface area contributed by atoms with Crippen LogP contribution < -0.4 is 0 Å². The van der Waals surface area contributed by atoms with Crippen LogP contribution in [0, 0.1) is 35.0 Å². The van der Waals surface area contributed by atoms with E-state index in [1.165, 1.54) is 77.0 Å². The van der Waals surface area contributed by atoms with Crippen molar-refractivity contribution in [3.63, 3.8) is 0 Å². The lowest BCUT2D eigenvalue weighted by Gasteiger charge is -2.52. The molecule has 0 nitrogen and oxygen atoms in total. The van der Waals surface area contributed by atoms with Crippen LogP contribution in [0.5, 0.6) is 0 Å². The van der Waals surface area contributed by atoms with Crippen molar-refractivity contribution in [2.45, 2.75) is 90.9 Å². The molecule has 6 unspecified atom stereocenters. The highest BCUT2D eigenvalue weighted by Crippen LogP contribution is 2.63. The van der Waals surface area contributed by atoms with Crippen molar-refractivity contribution in [3.8, 4) is 0 Å². The van der Waals surface area contributed by atoms with Crippen LogP contribution >= 0.6 is 0 Å². The summed E-state index contributed by atoms with van der Waals surface area (Å²) < 4.78 is 0. The molecule has 0 heteroatoms. The van der Waals surface area contributed by atoms with Gasteiger partial charge in [0.2, 0.25) is 0 Å². The van der Waals surface area contributed by atoms with Crippen LogP contribution in [0.4, 0.5) is 0 Å². The third kappa shape index (κ3) is 2.93. The van der Waals surface area contributed by atoms with E-state index in [0.29, 0.717) is 5.41 Å². The van der Waals surface area contributed by atoms with Crippen LogP contribution in [0.1, 0.15) is 90.9 Å². The molecule has 0 N–H and O–H groups in total. The van der Waals surface area contributed by atoms with Gasteiger partial charge in [-0.15, -0.1) is 6.58 Å². The van der Waals surface area contributed by atoms with Crippen LogP contribution in [-0.2, 0) is 0 Å². The third-order valence-corrected chi connectivity index (χ3v) is 8.33. The van der Waals surface area contributed by atoms with Gasteiger partial charge in [-0.1, -0.05) is 50.3 Å². The minimum absolute atomic E-state index is 0.586. The fourth-order valence-electron chi connectivity index (χ4n) is 6.83. The van der Waals surface area contributed by atoms with Crippen molar-refractivity contribution < 1.29 is 0 Å². The molecule has 0 spiro atoms. The minimum atomic E-state index is 0.586. The molecular formula is C24H38. The van der Waals surface area contributed by atoms with Gasteiger partial charge in [0.1, 0.15) is 0 Å². The highest BCUT2D eigenvalue weighted by Gasteiger charge is 2.54. The molecule has 3 saturated carbocycles. The molecule has 0 saturated heterocycles. The second-order valence-corrected chi connectivity index (χ2v) is 9.92. The summed E-state index contributed by atoms with van der Waals surface area (Å²) in [6.45, 7) is 9.20. The van der Waals surface area contributed by atoms with E-state index in [2.05, 4.69) is 26.5 Å². The fraction of sp³-hybridized carbons (Fsp3) is 0.833. The normalized spacial score (nSPS) is 46.2. The molecule has 5 aliphatic carbocycles. The largest absolute Gasteiger partial charge is 0.103 e. The summed E-state index contributed by atoms with van der Waals surface area (Å²) in [4.78, 5) is 0. The van der Waals surface area contributed by atoms with Crippen molar-refractivity contribution in [1.29, 1.82) is 0 Å². The molecule has 3 fully saturated rings. The summed E-state index contributed by atoms with van der Waals surface area (Å²) in [5.74, 6) is 4.73. The van der Waals surface area contributed by atoms with E-state index in [0.717, 1.165) is 29.6 Å². The first-order valence-electron chi connectivity index (χ1n) is 11.0. The maximum atomic E-state index is 4.15. The zero-order valence-corrected chi connectivity index (χ0v) is 16.2. The van der Waals surface area contributed by atoms with E-state index in [-0.39, 0.29) is 0 Å². The smallest absolute Gasteiger partial charge is 0.0169 e. The van der Waals surface area contributed by atoms with Gasteiger partial charge in [0.15, 0.2) is 0 Å². The monoisotopic (exact) mass is 326 g/mol. The van der Waals surface area contributed by atoms with Crippen LogP contribution in [-0.4, -0.2) is 0 Å². The Bertz CT molecular complexity index is 507. The average Bonchev–Trinajstić information content (AvgIpc) is 3.42. The van der Waals surface area contributed by atoms with Gasteiger partial charge in [-0.25, -0.2) is 0 Å². The summed E-state index contributed by atoms with van der Waals surface area (Å²) >= 11 is 0. The topological polar surface area (TPSA) is 0 Å². The highest BCUT2D eigenvalue weighted by atomic mass is 14.6. The molecule has 0 heterocycles. The lowest BCUT2D eigenvalue weighted by atomic mass is 9.53. The van der Waals surface area contributed by atoms with E-state index < -0.39 is 0 Å². The van der Waals surface area contributed by atoms with E-state index in [1.807, 2.05) is 11.1 Å². The van der Waals surface area contributed by atoms with Gasteiger partial charge in [0, 0.05) is 0 Å². The quantitative estimate of drug-likeness (QED) is 0.443. The summed E-state index contributed by atoms with van der Waals surface area (Å²) in [5, 5.41) is 0. The second-order valence-electron chi connectivity index (χ2n) is 9.92. The van der Waals surface area contributed by atoms with Crippen molar-refractivity contribution in [1.82, 2.24) is 0 Å². The molecule has 5 aliphatic rings. The lowest BCUT2D eigenvalue weighted by Crippen LogP contribution is -2.43. The molecule has 0 bridgehead atoms. The Morgan fingerprint density at radius 1 is 1.00 bits per heavy atom. The molecule has 0 amide bonds. The van der Waals surface area contributed by atoms with Crippen LogP contribution in [0.2, 0.25) is 0 Å². The van der Waals surface area contributed by atoms with Crippen molar-refractivity contribution in [2.75, 3.05) is 0 Å². The number of fused-ring (bicyclic) bond motifs is 4. The summed E-state index contributed by atoms with van der Waals surface area (Å²) in [5.41, 5.74) is 4.44. The van der Waals surface area contributed by atoms with Gasteiger partial charge in [0.05, 0.1) is 0 Å². The van der Waals surface area contributed by atoms with Gasteiger partial charge in [-0.3, -0.25) is 0 Å². The van der Waals surface area contributed by atoms with Gasteiger partial charge >= 0.3 is 0 Å². The molecule has 24 heavy (non-hydrogen) atoms. The second kappa shape index (κ2) is 6.65. The zero-order chi connectivity index (χ0) is 16.7. The Morgan fingerprint density at radius 3 is 2.50 bits per heavy atom. The number of rotatable bonds is 1. The first-order chi connectivity index (χ1) is 11.6. The first-order valence-corrected chi connectivity index (χ1v) is 11.0. The van der Waals surface area contributed by atoms with Crippen molar-refractivity contribution in [3.05, 3.63) is 23.8 Å². The summed E-state index contributed by atoms with van der Waals surface area (Å²) in [6.07, 6.45) is 19.9. The van der Waals surface area contributed by atoms with E-state index >= 15 is 0 Å². The molecule has 0 aliphatic heterocycles. The lowest BCUT2D eigenvalue weighted by molar-refractivity contribution is 0.0236. The summed E-state index contributed by atoms with van der Waals surface area (Å²) in [7, 11) is 0. The Hall–Kier alpha value is -0.520. The van der Waals surface area contributed by atoms with Crippen LogP contribution in [0.25, 0.3) is 0 Å². The SMILES string of the molecule is C1CC1.C=CC1CCC2C3CCC4=C(CCC(C)C4)C3CCC12C. The molecule has 0 aromatic heterocycles. The van der Waals surface area contributed by atoms with Gasteiger partial charge in [-0.2, -0.15) is 0 Å². The molecular weight excluding hydrogens is 288 g/mol. The van der Waals surface area contributed by atoms with E-state index in [9.17, 15) is 0 Å².